The first kappa shape index (κ1) is 13.7. The maximum absolute atomic E-state index is 11.7. The Kier molecular flexibility index (Phi) is 6.92. The molecule has 0 amide bonds. The van der Waals surface area contributed by atoms with Crippen LogP contribution in [0.5, 0.6) is 0 Å². The summed E-state index contributed by atoms with van der Waals surface area (Å²) in [5.74, 6) is 0. The van der Waals surface area contributed by atoms with Crippen LogP contribution in [0.15, 0.2) is 0 Å². The summed E-state index contributed by atoms with van der Waals surface area (Å²) in [5.41, 5.74) is 0. The normalized spacial score (nSPS) is 14.4. The fourth-order valence-corrected chi connectivity index (χ4v) is 1.08. The Bertz CT molecular complexity index is 139. The summed E-state index contributed by atoms with van der Waals surface area (Å²) in [7, 11) is 1.73. The van der Waals surface area contributed by atoms with Gasteiger partial charge in [-0.2, -0.15) is 13.2 Å². The Hall–Kier alpha value is -0.290. The fourth-order valence-electron chi connectivity index (χ4n) is 1.08. The van der Waals surface area contributed by atoms with Crippen molar-refractivity contribution in [3.63, 3.8) is 0 Å². The SMILES string of the molecule is CCCCC(COCC(F)(F)F)NC. The molecule has 0 fully saturated rings. The third kappa shape index (κ3) is 8.31. The van der Waals surface area contributed by atoms with Crippen molar-refractivity contribution in [1.29, 1.82) is 0 Å². The highest BCUT2D eigenvalue weighted by Gasteiger charge is 2.27. The molecule has 0 aromatic carbocycles. The number of hydrogen-bond donors (Lipinski definition) is 1. The molecule has 0 aliphatic rings. The standard InChI is InChI=1S/C9H18F3NO/c1-3-4-5-8(13-2)6-14-7-9(10,11)12/h8,13H,3-7H2,1-2H3. The van der Waals surface area contributed by atoms with Crippen molar-refractivity contribution in [2.45, 2.75) is 38.4 Å². The van der Waals surface area contributed by atoms with E-state index in [0.717, 1.165) is 19.3 Å². The number of rotatable bonds is 7. The molecule has 0 bridgehead atoms. The van der Waals surface area contributed by atoms with Gasteiger partial charge < -0.3 is 10.1 Å². The van der Waals surface area contributed by atoms with Crippen LogP contribution < -0.4 is 5.32 Å². The number of hydrogen-bond acceptors (Lipinski definition) is 2. The molecule has 86 valence electrons. The molecule has 2 nitrogen and oxygen atoms in total. The molecule has 0 aliphatic carbocycles. The molecule has 0 aromatic heterocycles. The Morgan fingerprint density at radius 2 is 2.00 bits per heavy atom. The zero-order chi connectivity index (χ0) is 11.0. The first-order chi connectivity index (χ1) is 6.49. The molecule has 0 radical (unpaired) electrons. The third-order valence-corrected chi connectivity index (χ3v) is 1.90. The lowest BCUT2D eigenvalue weighted by Gasteiger charge is -2.16. The molecule has 1 N–H and O–H groups in total. The van der Waals surface area contributed by atoms with Crippen molar-refractivity contribution in [3.05, 3.63) is 0 Å². The molecule has 14 heavy (non-hydrogen) atoms. The molecule has 0 heterocycles. The number of alkyl halides is 3. The van der Waals surface area contributed by atoms with Crippen LogP contribution in [-0.2, 0) is 4.74 Å². The minimum absolute atomic E-state index is 0.0253. The van der Waals surface area contributed by atoms with E-state index in [1.165, 1.54) is 0 Å². The minimum atomic E-state index is -4.22. The van der Waals surface area contributed by atoms with Crippen molar-refractivity contribution < 1.29 is 17.9 Å². The van der Waals surface area contributed by atoms with Crippen molar-refractivity contribution in [2.24, 2.45) is 0 Å². The van der Waals surface area contributed by atoms with E-state index in [2.05, 4.69) is 10.1 Å². The van der Waals surface area contributed by atoms with E-state index >= 15 is 0 Å². The highest BCUT2D eigenvalue weighted by molar-refractivity contribution is 4.63. The second-order valence-electron chi connectivity index (χ2n) is 3.26. The van der Waals surface area contributed by atoms with Crippen LogP contribution in [0.1, 0.15) is 26.2 Å². The molecule has 0 saturated heterocycles. The predicted molar refractivity (Wildman–Crippen MR) is 49.2 cm³/mol. The molecule has 0 aliphatic heterocycles. The molecule has 0 aromatic rings. The van der Waals surface area contributed by atoms with Gasteiger partial charge in [-0.15, -0.1) is 0 Å². The van der Waals surface area contributed by atoms with Gasteiger partial charge in [0.25, 0.3) is 0 Å². The molecular formula is C9H18F3NO. The first-order valence-corrected chi connectivity index (χ1v) is 4.81. The Labute approximate surface area is 82.8 Å². The highest BCUT2D eigenvalue weighted by atomic mass is 19.4. The number of ether oxygens (including phenoxy) is 1. The van der Waals surface area contributed by atoms with Crippen molar-refractivity contribution in [2.75, 3.05) is 20.3 Å². The van der Waals surface area contributed by atoms with E-state index in [-0.39, 0.29) is 12.6 Å². The molecule has 0 rings (SSSR count). The van der Waals surface area contributed by atoms with E-state index in [1.54, 1.807) is 7.05 Å². The summed E-state index contributed by atoms with van der Waals surface area (Å²) < 4.78 is 39.7. The topological polar surface area (TPSA) is 21.3 Å². The van der Waals surface area contributed by atoms with Gasteiger partial charge in [0.15, 0.2) is 0 Å². The van der Waals surface area contributed by atoms with Crippen LogP contribution in [0.3, 0.4) is 0 Å². The van der Waals surface area contributed by atoms with Crippen molar-refractivity contribution in [1.82, 2.24) is 5.32 Å². The summed E-state index contributed by atoms with van der Waals surface area (Å²) in [5, 5.41) is 2.93. The average Bonchev–Trinajstić information content (AvgIpc) is 2.09. The zero-order valence-electron chi connectivity index (χ0n) is 8.66. The molecule has 5 heteroatoms. The number of unbranched alkanes of at least 4 members (excludes halogenated alkanes) is 1. The highest BCUT2D eigenvalue weighted by Crippen LogP contribution is 2.14. The van der Waals surface area contributed by atoms with E-state index in [4.69, 9.17) is 0 Å². The lowest BCUT2D eigenvalue weighted by atomic mass is 10.1. The van der Waals surface area contributed by atoms with Crippen LogP contribution in [-0.4, -0.2) is 32.5 Å². The van der Waals surface area contributed by atoms with Gasteiger partial charge in [-0.3, -0.25) is 0 Å². The van der Waals surface area contributed by atoms with Crippen LogP contribution in [0, 0.1) is 0 Å². The minimum Gasteiger partial charge on any atom is -0.370 e. The Morgan fingerprint density at radius 3 is 2.43 bits per heavy atom. The second kappa shape index (κ2) is 7.06. The second-order valence-corrected chi connectivity index (χ2v) is 3.26. The van der Waals surface area contributed by atoms with Crippen LogP contribution in [0.25, 0.3) is 0 Å². The van der Waals surface area contributed by atoms with Crippen molar-refractivity contribution in [3.8, 4) is 0 Å². The van der Waals surface area contributed by atoms with Gasteiger partial charge in [-0.25, -0.2) is 0 Å². The molecular weight excluding hydrogens is 195 g/mol. The van der Waals surface area contributed by atoms with Gasteiger partial charge in [-0.05, 0) is 13.5 Å². The summed E-state index contributed by atoms with van der Waals surface area (Å²) in [6.45, 7) is 1.01. The molecule has 1 unspecified atom stereocenters. The quantitative estimate of drug-likeness (QED) is 0.701. The van der Waals surface area contributed by atoms with Gasteiger partial charge >= 0.3 is 6.18 Å². The van der Waals surface area contributed by atoms with Crippen LogP contribution in [0.4, 0.5) is 13.2 Å². The van der Waals surface area contributed by atoms with E-state index in [9.17, 15) is 13.2 Å². The number of halogens is 3. The molecule has 1 atom stereocenters. The van der Waals surface area contributed by atoms with Crippen LogP contribution >= 0.6 is 0 Å². The van der Waals surface area contributed by atoms with Gasteiger partial charge in [0.1, 0.15) is 6.61 Å². The van der Waals surface area contributed by atoms with Gasteiger partial charge in [0.2, 0.25) is 0 Å². The largest absolute Gasteiger partial charge is 0.411 e. The summed E-state index contributed by atoms with van der Waals surface area (Å²) in [6, 6.07) is 0.0253. The Morgan fingerprint density at radius 1 is 1.36 bits per heavy atom. The van der Waals surface area contributed by atoms with E-state index in [1.807, 2.05) is 6.92 Å². The summed E-state index contributed by atoms with van der Waals surface area (Å²) >= 11 is 0. The smallest absolute Gasteiger partial charge is 0.370 e. The van der Waals surface area contributed by atoms with Crippen LogP contribution in [0.2, 0.25) is 0 Å². The lowest BCUT2D eigenvalue weighted by Crippen LogP contribution is -2.32. The van der Waals surface area contributed by atoms with Crippen molar-refractivity contribution >= 4 is 0 Å². The summed E-state index contributed by atoms with van der Waals surface area (Å²) in [4.78, 5) is 0. The number of likely N-dealkylation sites (N-methyl/N-ethyl adjacent to an activating group) is 1. The monoisotopic (exact) mass is 213 g/mol. The maximum atomic E-state index is 11.7. The fraction of sp³-hybridized carbons (Fsp3) is 1.00. The Balaban J connectivity index is 3.52. The lowest BCUT2D eigenvalue weighted by molar-refractivity contribution is -0.175. The predicted octanol–water partition coefficient (Wildman–Crippen LogP) is 2.34. The molecule has 0 saturated carbocycles. The number of nitrogens with one attached hydrogen (secondary N) is 1. The van der Waals surface area contributed by atoms with E-state index < -0.39 is 12.8 Å². The maximum Gasteiger partial charge on any atom is 0.411 e. The first-order valence-electron chi connectivity index (χ1n) is 4.81. The van der Waals surface area contributed by atoms with Gasteiger partial charge in [0, 0.05) is 6.04 Å². The van der Waals surface area contributed by atoms with Gasteiger partial charge in [0.05, 0.1) is 6.61 Å². The van der Waals surface area contributed by atoms with Gasteiger partial charge in [-0.1, -0.05) is 19.8 Å². The molecule has 0 spiro atoms. The van der Waals surface area contributed by atoms with E-state index in [0.29, 0.717) is 0 Å². The summed E-state index contributed by atoms with van der Waals surface area (Å²) in [6.07, 6.45) is -1.33. The average molecular weight is 213 g/mol. The zero-order valence-corrected chi connectivity index (χ0v) is 8.66. The third-order valence-electron chi connectivity index (χ3n) is 1.90.